The van der Waals surface area contributed by atoms with Crippen LogP contribution in [0.4, 0.5) is 17.1 Å². The molecule has 2 aliphatic rings. The normalized spacial score (nSPS) is 16.6. The molecule has 0 bridgehead atoms. The van der Waals surface area contributed by atoms with Crippen LogP contribution in [0, 0.1) is 34.3 Å². The van der Waals surface area contributed by atoms with Gasteiger partial charge in [0.2, 0.25) is 11.8 Å². The number of nitro benzene ring substituents is 1. The summed E-state index contributed by atoms with van der Waals surface area (Å²) in [6.45, 7) is 19.5. The molecule has 2 aliphatic heterocycles. The zero-order valence-electron chi connectivity index (χ0n) is 44.0. The van der Waals surface area contributed by atoms with Gasteiger partial charge in [0.05, 0.1) is 52.1 Å². The van der Waals surface area contributed by atoms with Gasteiger partial charge in [-0.25, -0.2) is 4.98 Å². The summed E-state index contributed by atoms with van der Waals surface area (Å²) in [7, 11) is 0. The first-order valence-corrected chi connectivity index (χ1v) is 26.2. The molecule has 2 fully saturated rings. The number of carbonyl (C=O) groups excluding carboxylic acids is 5. The third-order valence-electron chi connectivity index (χ3n) is 13.1. The highest BCUT2D eigenvalue weighted by molar-refractivity contribution is 7.13. The Morgan fingerprint density at radius 1 is 0.800 bits per heavy atom. The number of rotatable bonds is 18. The van der Waals surface area contributed by atoms with Crippen molar-refractivity contribution in [2.24, 2.45) is 17.3 Å². The van der Waals surface area contributed by atoms with Crippen LogP contribution < -0.4 is 30.3 Å². The highest BCUT2D eigenvalue weighted by Crippen LogP contribution is 2.33. The van der Waals surface area contributed by atoms with Crippen LogP contribution in [0.1, 0.15) is 110 Å². The Morgan fingerprint density at radius 2 is 1.41 bits per heavy atom. The lowest BCUT2D eigenvalue weighted by Crippen LogP contribution is -2.57. The van der Waals surface area contributed by atoms with Gasteiger partial charge in [-0.3, -0.25) is 34.1 Å². The quantitative estimate of drug-likeness (QED) is 0.0480. The maximum absolute atomic E-state index is 14.4. The van der Waals surface area contributed by atoms with Crippen molar-refractivity contribution in [3.63, 3.8) is 0 Å². The molecule has 18 nitrogen and oxygen atoms in total. The van der Waals surface area contributed by atoms with Crippen molar-refractivity contribution in [2.45, 2.75) is 93.0 Å². The van der Waals surface area contributed by atoms with Gasteiger partial charge >= 0.3 is 5.69 Å². The Bertz CT molecular complexity index is 2870. The van der Waals surface area contributed by atoms with E-state index in [1.165, 1.54) is 23.1 Å². The SMILES string of the molecule is Cc1ncsc1-c1ccc([C@@H](C)NC(=O)[C@@H]2C[C@@H](O)CN2C(=O)[C@@H](NC(=O)c2ccc(N3CCN(C(=O)c4ccc(NC(=O)c5ccc([N+](=O)[O-])c(OCC(C)C)c5)c(OCC(C)C)c4)CC3)cc2)C(C)(C)C)cc1. The first-order valence-electron chi connectivity index (χ1n) is 25.3. The Balaban J connectivity index is 0.952. The van der Waals surface area contributed by atoms with Crippen molar-refractivity contribution in [3.8, 4) is 21.9 Å². The number of aliphatic hydroxyl groups excluding tert-OH is 1. The van der Waals surface area contributed by atoms with Gasteiger partial charge in [-0.1, -0.05) is 72.7 Å². The van der Waals surface area contributed by atoms with Gasteiger partial charge in [-0.15, -0.1) is 11.3 Å². The number of thiazole rings is 1. The number of benzene rings is 4. The Kier molecular flexibility index (Phi) is 17.6. The first-order chi connectivity index (χ1) is 35.6. The van der Waals surface area contributed by atoms with Crippen LogP contribution in [0.3, 0.4) is 0 Å². The number of aliphatic hydroxyl groups is 1. The molecule has 4 atom stereocenters. The lowest BCUT2D eigenvalue weighted by atomic mass is 9.85. The van der Waals surface area contributed by atoms with Crippen molar-refractivity contribution in [1.29, 1.82) is 0 Å². The van der Waals surface area contributed by atoms with E-state index in [1.54, 1.807) is 46.6 Å². The number of carbonyl (C=O) groups is 5. The van der Waals surface area contributed by atoms with E-state index in [2.05, 4.69) is 25.8 Å². The Hall–Kier alpha value is -7.38. The van der Waals surface area contributed by atoms with E-state index >= 15 is 0 Å². The maximum Gasteiger partial charge on any atom is 0.310 e. The molecule has 19 heteroatoms. The maximum atomic E-state index is 14.4. The number of amides is 5. The summed E-state index contributed by atoms with van der Waals surface area (Å²) >= 11 is 1.56. The summed E-state index contributed by atoms with van der Waals surface area (Å²) in [5.41, 5.74) is 5.70. The summed E-state index contributed by atoms with van der Waals surface area (Å²) in [6, 6.07) is 21.4. The number of nitrogens with one attached hydrogen (secondary N) is 3. The topological polar surface area (TPSA) is 226 Å². The van der Waals surface area contributed by atoms with Gasteiger partial charge < -0.3 is 45.2 Å². The molecule has 0 unspecified atom stereocenters. The minimum atomic E-state index is -1.02. The third-order valence-corrected chi connectivity index (χ3v) is 14.1. The van der Waals surface area contributed by atoms with Gasteiger partial charge in [0.25, 0.3) is 17.7 Å². The monoisotopic (exact) mass is 1040 g/mol. The minimum Gasteiger partial charge on any atom is -0.491 e. The van der Waals surface area contributed by atoms with Crippen LogP contribution in [0.2, 0.25) is 0 Å². The summed E-state index contributed by atoms with van der Waals surface area (Å²) in [5, 5.41) is 31.2. The smallest absolute Gasteiger partial charge is 0.310 e. The van der Waals surface area contributed by atoms with Crippen molar-refractivity contribution in [2.75, 3.05) is 56.2 Å². The summed E-state index contributed by atoms with van der Waals surface area (Å²) < 4.78 is 11.8. The number of hydrogen-bond donors (Lipinski definition) is 4. The van der Waals surface area contributed by atoms with E-state index in [0.717, 1.165) is 27.4 Å². The third kappa shape index (κ3) is 13.7. The standard InChI is InChI=1S/C56H68N8O10S/c1-33(2)30-73-47-27-41(16-20-44(47)59-52(67)40-17-21-45(64(71)72)48(26-40)74-31-34(3)4)54(69)62-24-22-61(23-25-62)42-18-14-39(15-19-42)51(66)60-50(56(7,8)9)55(70)63-29-43(65)28-46(63)53(68)58-35(5)37-10-12-38(13-11-37)49-36(6)57-32-75-49/h10-21,26-27,32-35,43,46,50,65H,22-25,28-31H2,1-9H3,(H,58,68)(H,59,67)(H,60,66)/t35-,43-,46+,50-/m1/s1. The minimum absolute atomic E-state index is 0.00935. The molecular formula is C56H68N8O10S. The number of piperazine rings is 1. The van der Waals surface area contributed by atoms with Crippen LogP contribution >= 0.6 is 11.3 Å². The van der Waals surface area contributed by atoms with Gasteiger partial charge in [-0.05, 0) is 90.8 Å². The van der Waals surface area contributed by atoms with Crippen LogP contribution in [0.15, 0.2) is 90.4 Å². The number of aryl methyl sites for hydroxylation is 1. The predicted molar refractivity (Wildman–Crippen MR) is 288 cm³/mol. The first kappa shape index (κ1) is 55.4. The second kappa shape index (κ2) is 23.9. The zero-order chi connectivity index (χ0) is 54.3. The molecular weight excluding hydrogens is 977 g/mol. The summed E-state index contributed by atoms with van der Waals surface area (Å²) in [5.74, 6) is -1.54. The molecule has 0 radical (unpaired) electrons. The van der Waals surface area contributed by atoms with Gasteiger partial charge in [-0.2, -0.15) is 0 Å². The van der Waals surface area contributed by atoms with E-state index < -0.39 is 52.2 Å². The average molecular weight is 1050 g/mol. The Morgan fingerprint density at radius 3 is 2.01 bits per heavy atom. The summed E-state index contributed by atoms with van der Waals surface area (Å²) in [6.07, 6.45) is -0.846. The van der Waals surface area contributed by atoms with Crippen LogP contribution in [-0.2, 0) is 9.59 Å². The van der Waals surface area contributed by atoms with E-state index in [4.69, 9.17) is 9.47 Å². The van der Waals surface area contributed by atoms with Crippen molar-refractivity contribution >= 4 is 57.9 Å². The van der Waals surface area contributed by atoms with Gasteiger partial charge in [0.1, 0.15) is 17.8 Å². The predicted octanol–water partition coefficient (Wildman–Crippen LogP) is 8.29. The molecule has 4 N–H and O–H groups in total. The Labute approximate surface area is 442 Å². The van der Waals surface area contributed by atoms with Crippen molar-refractivity contribution in [3.05, 3.63) is 129 Å². The molecule has 7 rings (SSSR count). The van der Waals surface area contributed by atoms with E-state index in [1.807, 2.05) is 104 Å². The lowest BCUT2D eigenvalue weighted by molar-refractivity contribution is -0.385. The molecule has 0 spiro atoms. The second-order valence-corrected chi connectivity index (χ2v) is 22.0. The number of nitro groups is 1. The fourth-order valence-corrected chi connectivity index (χ4v) is 9.72. The largest absolute Gasteiger partial charge is 0.491 e. The lowest BCUT2D eigenvalue weighted by Gasteiger charge is -2.36. The van der Waals surface area contributed by atoms with E-state index in [-0.39, 0.29) is 60.4 Å². The molecule has 398 valence electrons. The number of anilines is 2. The average Bonchev–Trinajstić information content (AvgIpc) is 4.01. The fraction of sp³-hybridized carbons (Fsp3) is 0.429. The molecule has 3 heterocycles. The molecule has 5 aromatic rings. The molecule has 0 aliphatic carbocycles. The van der Waals surface area contributed by atoms with Crippen molar-refractivity contribution in [1.82, 2.24) is 25.4 Å². The second-order valence-electron chi connectivity index (χ2n) is 21.1. The molecule has 75 heavy (non-hydrogen) atoms. The number of aromatic nitrogens is 1. The highest BCUT2D eigenvalue weighted by atomic mass is 32.1. The fourth-order valence-electron chi connectivity index (χ4n) is 8.91. The number of ether oxygens (including phenoxy) is 2. The molecule has 5 amide bonds. The van der Waals surface area contributed by atoms with Gasteiger partial charge in [0, 0.05) is 73.7 Å². The van der Waals surface area contributed by atoms with Crippen LogP contribution in [0.25, 0.3) is 10.4 Å². The molecule has 0 saturated carbocycles. The van der Waals surface area contributed by atoms with Crippen molar-refractivity contribution < 1.29 is 43.5 Å². The molecule has 2 saturated heterocycles. The molecule has 1 aromatic heterocycles. The highest BCUT2D eigenvalue weighted by Gasteiger charge is 2.45. The molecule has 4 aromatic carbocycles. The van der Waals surface area contributed by atoms with E-state index in [9.17, 15) is 39.2 Å². The van der Waals surface area contributed by atoms with E-state index in [0.29, 0.717) is 55.3 Å². The van der Waals surface area contributed by atoms with Crippen LogP contribution in [-0.4, -0.2) is 118 Å². The number of hydrogen-bond acceptors (Lipinski definition) is 13. The summed E-state index contributed by atoms with van der Waals surface area (Å²) in [4.78, 5) is 91.2. The van der Waals surface area contributed by atoms with Gasteiger partial charge in [0.15, 0.2) is 5.75 Å². The number of β-amino-alcohol motifs (C(OH)–C–C–N with tert-alkyl or cyclic N) is 1. The number of likely N-dealkylation sites (tertiary alicyclic amines) is 1. The zero-order valence-corrected chi connectivity index (χ0v) is 44.9. The number of nitrogens with zero attached hydrogens (tertiary/aromatic N) is 5. The van der Waals surface area contributed by atoms with Crippen LogP contribution in [0.5, 0.6) is 11.5 Å².